The summed E-state index contributed by atoms with van der Waals surface area (Å²) in [5.74, 6) is 0.164. The number of carbonyl (C=O) groups excluding carboxylic acids is 2. The van der Waals surface area contributed by atoms with E-state index in [1.54, 1.807) is 18.2 Å². The first-order chi connectivity index (χ1) is 14.5. The van der Waals surface area contributed by atoms with E-state index < -0.39 is 0 Å². The van der Waals surface area contributed by atoms with Crippen LogP contribution in [0.1, 0.15) is 72.2 Å². The Hall–Kier alpha value is -2.82. The molecule has 2 aromatic rings. The van der Waals surface area contributed by atoms with Crippen LogP contribution in [0.3, 0.4) is 0 Å². The molecule has 1 atom stereocenters. The first-order valence-corrected chi connectivity index (χ1v) is 11.0. The average molecular weight is 409 g/mol. The number of benzene rings is 2. The van der Waals surface area contributed by atoms with Crippen molar-refractivity contribution in [1.29, 1.82) is 0 Å². The van der Waals surface area contributed by atoms with Crippen LogP contribution < -0.4 is 10.2 Å². The number of carbonyl (C=O) groups is 2. The van der Waals surface area contributed by atoms with Gasteiger partial charge in [0.15, 0.2) is 5.78 Å². The number of ketones is 1. The summed E-state index contributed by atoms with van der Waals surface area (Å²) in [6.07, 6.45) is 5.40. The van der Waals surface area contributed by atoms with Gasteiger partial charge in [-0.3, -0.25) is 9.59 Å². The Morgan fingerprint density at radius 2 is 1.77 bits per heavy atom. The van der Waals surface area contributed by atoms with Crippen molar-refractivity contribution in [2.75, 3.05) is 18.0 Å². The van der Waals surface area contributed by atoms with E-state index in [-0.39, 0.29) is 23.5 Å². The zero-order valence-corrected chi connectivity index (χ0v) is 18.0. The van der Waals surface area contributed by atoms with E-state index in [2.05, 4.69) is 10.2 Å². The van der Waals surface area contributed by atoms with Gasteiger partial charge in [-0.1, -0.05) is 19.1 Å². The molecule has 0 aliphatic carbocycles. The van der Waals surface area contributed by atoms with Crippen molar-refractivity contribution in [3.8, 4) is 5.75 Å². The number of phenols is 1. The highest BCUT2D eigenvalue weighted by Gasteiger charge is 2.21. The molecule has 0 spiro atoms. The van der Waals surface area contributed by atoms with Gasteiger partial charge in [-0.2, -0.15) is 0 Å². The number of aromatic hydroxyl groups is 1. The normalized spacial score (nSPS) is 14.9. The molecule has 0 radical (unpaired) electrons. The highest BCUT2D eigenvalue weighted by molar-refractivity contribution is 6.04. The fraction of sp³-hybridized carbons (Fsp3) is 0.440. The molecule has 1 aliphatic rings. The number of nitrogens with zero attached hydrogens (tertiary/aromatic N) is 1. The number of hydrogen-bond acceptors (Lipinski definition) is 4. The Kier molecular flexibility index (Phi) is 7.50. The number of amides is 1. The largest absolute Gasteiger partial charge is 0.508 e. The Balaban J connectivity index is 1.80. The molecule has 0 saturated carbocycles. The summed E-state index contributed by atoms with van der Waals surface area (Å²) in [4.78, 5) is 27.9. The SMILES string of the molecule is CCCC(=O)c1ccc(N2CCCCC2)c(C(=O)NC(C)Cc2ccc(O)cc2)c1. The van der Waals surface area contributed by atoms with Crippen LogP contribution in [0.5, 0.6) is 5.75 Å². The minimum Gasteiger partial charge on any atom is -0.508 e. The second-order valence-electron chi connectivity index (χ2n) is 8.20. The average Bonchev–Trinajstić information content (AvgIpc) is 2.75. The number of rotatable bonds is 8. The Morgan fingerprint density at radius 1 is 1.07 bits per heavy atom. The number of Topliss-reactive ketones (excluding diaryl/α,β-unsaturated/α-hetero) is 1. The van der Waals surface area contributed by atoms with Gasteiger partial charge >= 0.3 is 0 Å². The predicted octanol–water partition coefficient (Wildman–Crippen LogP) is 4.73. The molecule has 2 aromatic carbocycles. The predicted molar refractivity (Wildman–Crippen MR) is 120 cm³/mol. The van der Waals surface area contributed by atoms with Crippen molar-refractivity contribution in [1.82, 2.24) is 5.32 Å². The van der Waals surface area contributed by atoms with Crippen molar-refractivity contribution >= 4 is 17.4 Å². The van der Waals surface area contributed by atoms with Gasteiger partial charge in [-0.15, -0.1) is 0 Å². The van der Waals surface area contributed by atoms with Gasteiger partial charge in [-0.05, 0) is 74.9 Å². The topological polar surface area (TPSA) is 69.6 Å². The summed E-state index contributed by atoms with van der Waals surface area (Å²) < 4.78 is 0. The first kappa shape index (κ1) is 21.9. The summed E-state index contributed by atoms with van der Waals surface area (Å²) in [5.41, 5.74) is 3.14. The van der Waals surface area contributed by atoms with E-state index in [9.17, 15) is 14.7 Å². The van der Waals surface area contributed by atoms with Gasteiger partial charge in [-0.25, -0.2) is 0 Å². The van der Waals surface area contributed by atoms with Crippen molar-refractivity contribution in [2.45, 2.75) is 58.4 Å². The lowest BCUT2D eigenvalue weighted by atomic mass is 9.99. The quantitative estimate of drug-likeness (QED) is 0.620. The third-order valence-corrected chi connectivity index (χ3v) is 5.59. The fourth-order valence-corrected chi connectivity index (χ4v) is 4.01. The van der Waals surface area contributed by atoms with Gasteiger partial charge in [0.1, 0.15) is 5.75 Å². The van der Waals surface area contributed by atoms with Gasteiger partial charge < -0.3 is 15.3 Å². The van der Waals surface area contributed by atoms with Crippen LogP contribution in [0.2, 0.25) is 0 Å². The molecular weight excluding hydrogens is 376 g/mol. The molecule has 1 unspecified atom stereocenters. The number of nitrogens with one attached hydrogen (secondary N) is 1. The van der Waals surface area contributed by atoms with E-state index >= 15 is 0 Å². The van der Waals surface area contributed by atoms with E-state index in [1.807, 2.05) is 38.1 Å². The van der Waals surface area contributed by atoms with Crippen LogP contribution in [-0.4, -0.2) is 35.9 Å². The molecule has 3 rings (SSSR count). The lowest BCUT2D eigenvalue weighted by molar-refractivity contribution is 0.0940. The van der Waals surface area contributed by atoms with Gasteiger partial charge in [0, 0.05) is 36.8 Å². The molecule has 5 heteroatoms. The van der Waals surface area contributed by atoms with E-state index in [0.29, 0.717) is 24.0 Å². The number of hydrogen-bond donors (Lipinski definition) is 2. The first-order valence-electron chi connectivity index (χ1n) is 11.0. The van der Waals surface area contributed by atoms with Crippen molar-refractivity contribution < 1.29 is 14.7 Å². The molecule has 30 heavy (non-hydrogen) atoms. The maximum atomic E-state index is 13.2. The second kappa shape index (κ2) is 10.3. The van der Waals surface area contributed by atoms with Crippen molar-refractivity contribution in [2.24, 2.45) is 0 Å². The Bertz CT molecular complexity index is 870. The zero-order chi connectivity index (χ0) is 21.5. The highest BCUT2D eigenvalue weighted by atomic mass is 16.3. The molecule has 1 fully saturated rings. The highest BCUT2D eigenvalue weighted by Crippen LogP contribution is 2.26. The van der Waals surface area contributed by atoms with E-state index in [4.69, 9.17) is 0 Å². The zero-order valence-electron chi connectivity index (χ0n) is 18.0. The lowest BCUT2D eigenvalue weighted by Crippen LogP contribution is -2.37. The van der Waals surface area contributed by atoms with Crippen LogP contribution in [0.4, 0.5) is 5.69 Å². The maximum absolute atomic E-state index is 13.2. The molecular formula is C25H32N2O3. The summed E-state index contributed by atoms with van der Waals surface area (Å²) in [5, 5.41) is 12.5. The molecule has 0 aromatic heterocycles. The Labute approximate surface area is 179 Å². The van der Waals surface area contributed by atoms with E-state index in [0.717, 1.165) is 43.6 Å². The summed E-state index contributed by atoms with van der Waals surface area (Å²) >= 11 is 0. The lowest BCUT2D eigenvalue weighted by Gasteiger charge is -2.31. The third-order valence-electron chi connectivity index (χ3n) is 5.59. The monoisotopic (exact) mass is 408 g/mol. The Morgan fingerprint density at radius 3 is 2.43 bits per heavy atom. The number of phenolic OH excluding ortho intramolecular Hbond substituents is 1. The second-order valence-corrected chi connectivity index (χ2v) is 8.20. The third kappa shape index (κ3) is 5.62. The molecule has 2 N–H and O–H groups in total. The molecule has 1 saturated heterocycles. The smallest absolute Gasteiger partial charge is 0.253 e. The molecule has 0 bridgehead atoms. The van der Waals surface area contributed by atoms with Gasteiger partial charge in [0.25, 0.3) is 5.91 Å². The summed E-state index contributed by atoms with van der Waals surface area (Å²) in [7, 11) is 0. The van der Waals surface area contributed by atoms with Crippen molar-refractivity contribution in [3.63, 3.8) is 0 Å². The molecule has 1 amide bonds. The van der Waals surface area contributed by atoms with Crippen LogP contribution in [0.15, 0.2) is 42.5 Å². The molecule has 160 valence electrons. The summed E-state index contributed by atoms with van der Waals surface area (Å²) in [6, 6.07) is 12.5. The number of anilines is 1. The summed E-state index contributed by atoms with van der Waals surface area (Å²) in [6.45, 7) is 5.83. The van der Waals surface area contributed by atoms with Crippen LogP contribution >= 0.6 is 0 Å². The minimum atomic E-state index is -0.145. The fourth-order valence-electron chi connectivity index (χ4n) is 4.01. The molecule has 1 heterocycles. The number of piperidine rings is 1. The van der Waals surface area contributed by atoms with Gasteiger partial charge in [0.05, 0.1) is 5.56 Å². The molecule has 5 nitrogen and oxygen atoms in total. The standard InChI is InChI=1S/C25H32N2O3/c1-3-7-24(29)20-10-13-23(27-14-5-4-6-15-27)22(17-20)25(30)26-18(2)16-19-8-11-21(28)12-9-19/h8-13,17-18,28H,3-7,14-16H2,1-2H3,(H,26,30). The van der Waals surface area contributed by atoms with Crippen molar-refractivity contribution in [3.05, 3.63) is 59.2 Å². The van der Waals surface area contributed by atoms with Crippen LogP contribution in [0, 0.1) is 0 Å². The van der Waals surface area contributed by atoms with Crippen LogP contribution in [-0.2, 0) is 6.42 Å². The maximum Gasteiger partial charge on any atom is 0.253 e. The van der Waals surface area contributed by atoms with Gasteiger partial charge in [0.2, 0.25) is 0 Å². The minimum absolute atomic E-state index is 0.0775. The van der Waals surface area contributed by atoms with Crippen LogP contribution in [0.25, 0.3) is 0 Å². The molecule has 1 aliphatic heterocycles. The van der Waals surface area contributed by atoms with E-state index in [1.165, 1.54) is 6.42 Å².